The number of hydrogen-bond donors (Lipinski definition) is 0. The van der Waals surface area contributed by atoms with E-state index in [0.29, 0.717) is 18.6 Å². The summed E-state index contributed by atoms with van der Waals surface area (Å²) in [7, 11) is 10.7. The average molecular weight is 175 g/mol. The fourth-order valence-corrected chi connectivity index (χ4v) is 1.01. The maximum absolute atomic E-state index is 10.3. The second kappa shape index (κ2) is 4.11. The second-order valence-electron chi connectivity index (χ2n) is 2.47. The van der Waals surface area contributed by atoms with Gasteiger partial charge in [0, 0.05) is 0 Å². The Labute approximate surface area is 78.1 Å². The molecule has 1 aromatic rings. The molecule has 0 atom stereocenters. The summed E-state index contributed by atoms with van der Waals surface area (Å²) in [5.74, 6) is -0.186. The van der Waals surface area contributed by atoms with E-state index < -0.39 is 4.92 Å². The summed E-state index contributed by atoms with van der Waals surface area (Å²) in [5, 5.41) is 14.1. The molecule has 13 heavy (non-hydrogen) atoms. The van der Waals surface area contributed by atoms with E-state index in [-0.39, 0.29) is 12.1 Å². The zero-order valence-corrected chi connectivity index (χ0v) is 7.01. The number of nitro groups is 1. The van der Waals surface area contributed by atoms with E-state index in [1.165, 1.54) is 10.7 Å². The molecule has 0 saturated carbocycles. The van der Waals surface area contributed by atoms with E-state index in [4.69, 9.17) is 15.7 Å². The van der Waals surface area contributed by atoms with Crippen LogP contribution in [0.2, 0.25) is 6.32 Å². The number of rotatable bonds is 4. The van der Waals surface area contributed by atoms with Crippen LogP contribution in [0.3, 0.4) is 0 Å². The molecule has 0 aliphatic carbocycles. The van der Waals surface area contributed by atoms with E-state index in [1.807, 2.05) is 0 Å². The normalized spacial score (nSPS) is 10.2. The summed E-state index contributed by atoms with van der Waals surface area (Å²) in [6.45, 7) is 0.445. The number of nitrogens with zero attached hydrogens (tertiary/aromatic N) is 3. The average Bonchev–Trinajstić information content (AvgIpc) is 2.48. The van der Waals surface area contributed by atoms with E-state index in [2.05, 4.69) is 5.10 Å². The van der Waals surface area contributed by atoms with Crippen molar-refractivity contribution in [3.05, 3.63) is 21.9 Å². The van der Waals surface area contributed by atoms with Gasteiger partial charge in [-0.3, -0.25) is 0 Å². The Hall–Kier alpha value is -1.26. The first-order valence-electron chi connectivity index (χ1n) is 3.80. The van der Waals surface area contributed by atoms with Crippen molar-refractivity contribution < 1.29 is 4.92 Å². The predicted molar refractivity (Wildman–Crippen MR) is 48.9 cm³/mol. The predicted octanol–water partition coefficient (Wildman–Crippen LogP) is 0.0466. The van der Waals surface area contributed by atoms with E-state index in [0.717, 1.165) is 0 Å². The van der Waals surface area contributed by atoms with Crippen LogP contribution in [0.25, 0.3) is 0 Å². The third-order valence-electron chi connectivity index (χ3n) is 1.59. The van der Waals surface area contributed by atoms with Crippen LogP contribution in [0.15, 0.2) is 6.07 Å². The Morgan fingerprint density at radius 2 is 2.31 bits per heavy atom. The van der Waals surface area contributed by atoms with Crippen molar-refractivity contribution in [1.82, 2.24) is 9.78 Å². The summed E-state index contributed by atoms with van der Waals surface area (Å²) in [6, 6.07) is 1.36. The molecule has 7 heteroatoms. The van der Waals surface area contributed by atoms with Gasteiger partial charge in [0.05, 0.1) is 39.1 Å². The van der Waals surface area contributed by atoms with Crippen molar-refractivity contribution in [3.8, 4) is 0 Å². The molecule has 0 amide bonds. The molecule has 0 aliphatic rings. The summed E-state index contributed by atoms with van der Waals surface area (Å²) in [5.41, 5.74) is 0.622. The maximum Gasteiger partial charge on any atom is 0.390 e. The molecular weight excluding hydrogens is 168 g/mol. The Morgan fingerprint density at radius 1 is 1.62 bits per heavy atom. The lowest BCUT2D eigenvalue weighted by Crippen LogP contribution is -2.04. The molecule has 0 aliphatic heterocycles. The van der Waals surface area contributed by atoms with Crippen LogP contribution in [-0.2, 0) is 12.9 Å². The molecule has 4 radical (unpaired) electrons. The summed E-state index contributed by atoms with van der Waals surface area (Å²) in [6.07, 6.45) is 0.604. The second-order valence-corrected chi connectivity index (χ2v) is 2.47. The minimum atomic E-state index is -0.549. The van der Waals surface area contributed by atoms with Crippen LogP contribution in [0, 0.1) is 10.1 Å². The van der Waals surface area contributed by atoms with Gasteiger partial charge in [0.25, 0.3) is 0 Å². The molecule has 0 spiro atoms. The highest BCUT2D eigenvalue weighted by Crippen LogP contribution is 2.11. The van der Waals surface area contributed by atoms with Crippen LogP contribution < -0.4 is 0 Å². The lowest BCUT2D eigenvalue weighted by atomic mass is 10.0. The minimum Gasteiger partial charge on any atom is -0.358 e. The third kappa shape index (κ3) is 2.11. The largest absolute Gasteiger partial charge is 0.390 e. The van der Waals surface area contributed by atoms with Gasteiger partial charge in [0.15, 0.2) is 0 Å². The maximum atomic E-state index is 10.3. The summed E-state index contributed by atoms with van der Waals surface area (Å²) >= 11 is 0. The Kier molecular flexibility index (Phi) is 3.11. The van der Waals surface area contributed by atoms with Gasteiger partial charge in [-0.05, 0) is 11.2 Å². The number of aryl methyl sites for hydroxylation is 1. The van der Waals surface area contributed by atoms with Gasteiger partial charge in [0.2, 0.25) is 0 Å². The van der Waals surface area contributed by atoms with Gasteiger partial charge in [-0.15, -0.1) is 0 Å². The highest BCUT2D eigenvalue weighted by atomic mass is 16.6. The van der Waals surface area contributed by atoms with Crippen molar-refractivity contribution in [2.75, 3.05) is 0 Å². The molecule has 5 nitrogen and oxygen atoms in total. The fourth-order valence-electron chi connectivity index (χ4n) is 1.01. The van der Waals surface area contributed by atoms with Gasteiger partial charge in [-0.2, -0.15) is 4.68 Å². The molecule has 0 fully saturated rings. The SMILES string of the molecule is [B]CCn1nc([N+](=O)[O-])cc1C[B]. The van der Waals surface area contributed by atoms with Gasteiger partial charge < -0.3 is 10.1 Å². The monoisotopic (exact) mass is 175 g/mol. The molecule has 1 aromatic heterocycles. The Morgan fingerprint density at radius 3 is 2.77 bits per heavy atom. The summed E-state index contributed by atoms with van der Waals surface area (Å²) < 4.78 is 1.46. The smallest absolute Gasteiger partial charge is 0.358 e. The van der Waals surface area contributed by atoms with Crippen molar-refractivity contribution >= 4 is 21.5 Å². The van der Waals surface area contributed by atoms with Gasteiger partial charge in [0.1, 0.15) is 0 Å². The van der Waals surface area contributed by atoms with Crippen LogP contribution in [-0.4, -0.2) is 30.4 Å². The van der Waals surface area contributed by atoms with Crippen molar-refractivity contribution in [2.45, 2.75) is 19.2 Å². The van der Waals surface area contributed by atoms with Crippen molar-refractivity contribution in [2.24, 2.45) is 0 Å². The highest BCUT2D eigenvalue weighted by molar-refractivity contribution is 6.08. The topological polar surface area (TPSA) is 61.0 Å². The zero-order chi connectivity index (χ0) is 9.84. The van der Waals surface area contributed by atoms with Gasteiger partial charge in [-0.25, -0.2) is 0 Å². The quantitative estimate of drug-likeness (QED) is 0.368. The van der Waals surface area contributed by atoms with E-state index in [1.54, 1.807) is 0 Å². The first kappa shape index (κ1) is 9.83. The summed E-state index contributed by atoms with van der Waals surface area (Å²) in [4.78, 5) is 9.79. The minimum absolute atomic E-state index is 0.186. The van der Waals surface area contributed by atoms with Crippen LogP contribution in [0.1, 0.15) is 5.69 Å². The standard InChI is InChI=1S/C6H7B2N3O2/c7-1-2-10-5(4-8)3-6(9-10)11(12)13/h3H,1-2,4H2. The van der Waals surface area contributed by atoms with Crippen LogP contribution in [0.5, 0.6) is 0 Å². The molecule has 0 saturated heterocycles. The van der Waals surface area contributed by atoms with Gasteiger partial charge >= 0.3 is 5.82 Å². The van der Waals surface area contributed by atoms with Crippen molar-refractivity contribution in [3.63, 3.8) is 0 Å². The number of aromatic nitrogens is 2. The molecular formula is C6H7B2N3O2. The molecule has 0 N–H and O–H groups in total. The van der Waals surface area contributed by atoms with E-state index in [9.17, 15) is 10.1 Å². The molecule has 1 heterocycles. The zero-order valence-electron chi connectivity index (χ0n) is 7.01. The third-order valence-corrected chi connectivity index (χ3v) is 1.59. The highest BCUT2D eigenvalue weighted by Gasteiger charge is 2.15. The molecule has 64 valence electrons. The Balaban J connectivity index is 2.96. The fraction of sp³-hybridized carbons (Fsp3) is 0.500. The lowest BCUT2D eigenvalue weighted by Gasteiger charge is -1.96. The molecule has 1 rings (SSSR count). The number of hydrogen-bond acceptors (Lipinski definition) is 3. The first-order chi connectivity index (χ1) is 6.19. The molecule has 0 aromatic carbocycles. The molecule has 0 bridgehead atoms. The van der Waals surface area contributed by atoms with Crippen LogP contribution >= 0.6 is 0 Å². The van der Waals surface area contributed by atoms with E-state index >= 15 is 0 Å². The Bertz CT molecular complexity index is 313. The lowest BCUT2D eigenvalue weighted by molar-refractivity contribution is -0.389. The van der Waals surface area contributed by atoms with Gasteiger partial charge in [-0.1, -0.05) is 6.32 Å². The van der Waals surface area contributed by atoms with Crippen LogP contribution in [0.4, 0.5) is 5.82 Å². The van der Waals surface area contributed by atoms with Crippen molar-refractivity contribution in [1.29, 1.82) is 0 Å². The first-order valence-corrected chi connectivity index (χ1v) is 3.80. The molecule has 0 unspecified atom stereocenters.